The Kier molecular flexibility index (Phi) is 6.86. The lowest BCUT2D eigenvalue weighted by Gasteiger charge is -2.14. The molecule has 0 rings (SSSR count). The molecule has 4 amide bonds. The van der Waals surface area contributed by atoms with Gasteiger partial charge < -0.3 is 26.8 Å². The van der Waals surface area contributed by atoms with Crippen LogP contribution in [0.1, 0.15) is 12.8 Å². The Hall–Kier alpha value is -2.32. The van der Waals surface area contributed by atoms with E-state index in [1.165, 1.54) is 7.05 Å². The summed E-state index contributed by atoms with van der Waals surface area (Å²) < 4.78 is 0. The van der Waals surface area contributed by atoms with Crippen LogP contribution in [0.3, 0.4) is 0 Å². The molecule has 9 nitrogen and oxygen atoms in total. The number of hydrogen-bond acceptors (Lipinski definition) is 4. The van der Waals surface area contributed by atoms with Crippen LogP contribution in [0.4, 0.5) is 4.79 Å². The van der Waals surface area contributed by atoms with Crippen molar-refractivity contribution in [2.24, 2.45) is 5.73 Å². The van der Waals surface area contributed by atoms with Crippen molar-refractivity contribution in [1.82, 2.24) is 16.0 Å². The number of nitrogens with one attached hydrogen (secondary N) is 3. The number of carbonyl (C=O) groups excluding carboxylic acids is 3. The summed E-state index contributed by atoms with van der Waals surface area (Å²) in [4.78, 5) is 43.3. The molecule has 0 bridgehead atoms. The molecule has 0 aliphatic carbocycles. The molecular weight excluding hydrogens is 244 g/mol. The molecule has 0 fully saturated rings. The van der Waals surface area contributed by atoms with Gasteiger partial charge in [0, 0.05) is 13.5 Å². The maximum absolute atomic E-state index is 11.2. The van der Waals surface area contributed by atoms with Crippen molar-refractivity contribution in [2.45, 2.75) is 18.9 Å². The van der Waals surface area contributed by atoms with Crippen molar-refractivity contribution < 1.29 is 24.3 Å². The van der Waals surface area contributed by atoms with E-state index in [-0.39, 0.29) is 19.4 Å². The molecule has 0 heterocycles. The number of carboxylic acid groups (broad SMARTS) is 1. The van der Waals surface area contributed by atoms with Crippen molar-refractivity contribution in [2.75, 3.05) is 13.6 Å². The predicted octanol–water partition coefficient (Wildman–Crippen LogP) is -2.25. The Morgan fingerprint density at radius 2 is 1.89 bits per heavy atom. The third-order valence-corrected chi connectivity index (χ3v) is 1.97. The molecule has 0 saturated carbocycles. The molecule has 0 aliphatic rings. The summed E-state index contributed by atoms with van der Waals surface area (Å²) in [5.41, 5.74) is 4.88. The summed E-state index contributed by atoms with van der Waals surface area (Å²) in [5, 5.41) is 15.3. The third-order valence-electron chi connectivity index (χ3n) is 1.97. The number of primary amides is 1. The molecule has 102 valence electrons. The lowest BCUT2D eigenvalue weighted by Crippen LogP contribution is -2.48. The first kappa shape index (κ1) is 15.7. The summed E-state index contributed by atoms with van der Waals surface area (Å²) in [6, 6.07) is -2.04. The standard InChI is InChI=1S/C9H16N4O5/c1-11-7(15)4-12-9(18)13-5(8(16)17)2-3-6(10)14/h5H,2-4H2,1H3,(H2,10,14)(H,11,15)(H,16,17)(H2,12,13,18)/t5-/m1/s1. The van der Waals surface area contributed by atoms with E-state index in [0.29, 0.717) is 0 Å². The van der Waals surface area contributed by atoms with Crippen molar-refractivity contribution in [1.29, 1.82) is 0 Å². The number of amides is 4. The van der Waals surface area contributed by atoms with Crippen molar-refractivity contribution >= 4 is 23.8 Å². The number of carbonyl (C=O) groups is 4. The van der Waals surface area contributed by atoms with E-state index in [1.54, 1.807) is 0 Å². The predicted molar refractivity (Wildman–Crippen MR) is 60.5 cm³/mol. The average molecular weight is 260 g/mol. The van der Waals surface area contributed by atoms with Crippen LogP contribution in [-0.2, 0) is 14.4 Å². The van der Waals surface area contributed by atoms with Gasteiger partial charge in [0.25, 0.3) is 0 Å². The molecule has 0 radical (unpaired) electrons. The summed E-state index contributed by atoms with van der Waals surface area (Å²) in [5.74, 6) is -2.37. The van der Waals surface area contributed by atoms with Gasteiger partial charge in [-0.05, 0) is 6.42 Å². The smallest absolute Gasteiger partial charge is 0.326 e. The van der Waals surface area contributed by atoms with Crippen molar-refractivity contribution in [3.05, 3.63) is 0 Å². The van der Waals surface area contributed by atoms with Gasteiger partial charge in [0.05, 0.1) is 6.54 Å². The summed E-state index contributed by atoms with van der Waals surface area (Å²) in [7, 11) is 1.40. The maximum Gasteiger partial charge on any atom is 0.326 e. The molecule has 6 N–H and O–H groups in total. The second-order valence-corrected chi connectivity index (χ2v) is 3.40. The molecule has 1 atom stereocenters. The number of carboxylic acids is 1. The largest absolute Gasteiger partial charge is 0.480 e. The molecule has 0 aromatic heterocycles. The van der Waals surface area contributed by atoms with Crippen LogP contribution in [0.5, 0.6) is 0 Å². The van der Waals surface area contributed by atoms with Gasteiger partial charge in [-0.1, -0.05) is 0 Å². The lowest BCUT2D eigenvalue weighted by atomic mass is 10.1. The minimum absolute atomic E-state index is 0.113. The van der Waals surface area contributed by atoms with Gasteiger partial charge in [-0.25, -0.2) is 9.59 Å². The second-order valence-electron chi connectivity index (χ2n) is 3.40. The molecule has 0 aromatic rings. The minimum atomic E-state index is -1.29. The first-order valence-electron chi connectivity index (χ1n) is 5.13. The fraction of sp³-hybridized carbons (Fsp3) is 0.556. The van der Waals surface area contributed by atoms with E-state index in [1.807, 2.05) is 0 Å². The van der Waals surface area contributed by atoms with Gasteiger partial charge >= 0.3 is 12.0 Å². The van der Waals surface area contributed by atoms with Gasteiger partial charge in [0.1, 0.15) is 6.04 Å². The van der Waals surface area contributed by atoms with Crippen LogP contribution in [0.25, 0.3) is 0 Å². The van der Waals surface area contributed by atoms with E-state index in [4.69, 9.17) is 10.8 Å². The number of nitrogens with two attached hydrogens (primary N) is 1. The Morgan fingerprint density at radius 3 is 2.33 bits per heavy atom. The normalized spacial score (nSPS) is 11.2. The molecule has 0 spiro atoms. The highest BCUT2D eigenvalue weighted by atomic mass is 16.4. The van der Waals surface area contributed by atoms with E-state index in [2.05, 4.69) is 16.0 Å². The van der Waals surface area contributed by atoms with E-state index >= 15 is 0 Å². The fourth-order valence-electron chi connectivity index (χ4n) is 1.00. The van der Waals surface area contributed by atoms with Gasteiger partial charge in [-0.2, -0.15) is 0 Å². The van der Waals surface area contributed by atoms with Gasteiger partial charge in [0.15, 0.2) is 0 Å². The zero-order valence-corrected chi connectivity index (χ0v) is 9.86. The van der Waals surface area contributed by atoms with Crippen LogP contribution in [-0.4, -0.2) is 48.6 Å². The molecule has 18 heavy (non-hydrogen) atoms. The highest BCUT2D eigenvalue weighted by Gasteiger charge is 2.20. The summed E-state index contributed by atoms with van der Waals surface area (Å²) in [6.07, 6.45) is -0.273. The summed E-state index contributed by atoms with van der Waals surface area (Å²) in [6.45, 7) is -0.273. The Morgan fingerprint density at radius 1 is 1.28 bits per heavy atom. The second kappa shape index (κ2) is 7.87. The molecule has 9 heteroatoms. The molecule has 0 aliphatic heterocycles. The topological polar surface area (TPSA) is 151 Å². The maximum atomic E-state index is 11.2. The van der Waals surface area contributed by atoms with E-state index in [9.17, 15) is 19.2 Å². The van der Waals surface area contributed by atoms with Crippen molar-refractivity contribution in [3.63, 3.8) is 0 Å². The zero-order valence-electron chi connectivity index (χ0n) is 9.86. The Bertz CT molecular complexity index is 344. The Labute approximate surface area is 103 Å². The number of likely N-dealkylation sites (N-methyl/N-ethyl adjacent to an activating group) is 1. The molecular formula is C9H16N4O5. The Balaban J connectivity index is 4.15. The quantitative estimate of drug-likeness (QED) is 0.350. The first-order chi connectivity index (χ1) is 8.36. The molecule has 0 aromatic carbocycles. The molecule has 0 saturated heterocycles. The zero-order chi connectivity index (χ0) is 14.1. The monoisotopic (exact) mass is 260 g/mol. The molecule has 0 unspecified atom stereocenters. The number of hydrogen-bond donors (Lipinski definition) is 5. The van der Waals surface area contributed by atoms with Crippen LogP contribution < -0.4 is 21.7 Å². The van der Waals surface area contributed by atoms with Crippen molar-refractivity contribution in [3.8, 4) is 0 Å². The number of urea groups is 1. The van der Waals surface area contributed by atoms with Crippen LogP contribution in [0, 0.1) is 0 Å². The highest BCUT2D eigenvalue weighted by Crippen LogP contribution is 1.97. The van der Waals surface area contributed by atoms with Gasteiger partial charge in [0.2, 0.25) is 11.8 Å². The SMILES string of the molecule is CNC(=O)CNC(=O)N[C@H](CCC(N)=O)C(=O)O. The van der Waals surface area contributed by atoms with Crippen LogP contribution >= 0.6 is 0 Å². The fourth-order valence-corrected chi connectivity index (χ4v) is 1.00. The van der Waals surface area contributed by atoms with E-state index in [0.717, 1.165) is 0 Å². The minimum Gasteiger partial charge on any atom is -0.480 e. The lowest BCUT2D eigenvalue weighted by molar-refractivity contribution is -0.139. The summed E-state index contributed by atoms with van der Waals surface area (Å²) >= 11 is 0. The number of aliphatic carboxylic acids is 1. The third kappa shape index (κ3) is 7.04. The van der Waals surface area contributed by atoms with Crippen LogP contribution in [0.2, 0.25) is 0 Å². The van der Waals surface area contributed by atoms with Gasteiger partial charge in [-0.15, -0.1) is 0 Å². The number of rotatable bonds is 7. The van der Waals surface area contributed by atoms with Gasteiger partial charge in [-0.3, -0.25) is 9.59 Å². The van der Waals surface area contributed by atoms with E-state index < -0.39 is 29.9 Å². The first-order valence-corrected chi connectivity index (χ1v) is 5.13. The average Bonchev–Trinajstić information content (AvgIpc) is 2.30. The van der Waals surface area contributed by atoms with Crippen LogP contribution in [0.15, 0.2) is 0 Å². The highest BCUT2D eigenvalue weighted by molar-refractivity contribution is 5.86.